The number of carbonyl (C=O) groups is 1. The molecule has 0 bridgehead atoms. The Morgan fingerprint density at radius 2 is 2.04 bits per heavy atom. The highest BCUT2D eigenvalue weighted by atomic mass is 35.5. The molecule has 0 saturated heterocycles. The Morgan fingerprint density at radius 3 is 2.71 bits per heavy atom. The zero-order valence-corrected chi connectivity index (χ0v) is 14.3. The Labute approximate surface area is 148 Å². The molecule has 3 aromatic rings. The van der Waals surface area contributed by atoms with Crippen molar-refractivity contribution in [2.45, 2.75) is 17.2 Å². The van der Waals surface area contributed by atoms with E-state index in [1.807, 2.05) is 30.3 Å². The second-order valence-corrected chi connectivity index (χ2v) is 6.51. The standard InChI is InChI=1S/C17H14ClN3O2S/c1-11-10-14(21-23-11)20-16(22)15(12-6-3-2-4-7-12)24-17-13(18)8-5-9-19-17/h2-10,15H,1H3,(H,20,21,22). The summed E-state index contributed by atoms with van der Waals surface area (Å²) < 4.78 is 4.98. The number of aromatic nitrogens is 2. The molecule has 0 fully saturated rings. The number of halogens is 1. The van der Waals surface area contributed by atoms with E-state index in [2.05, 4.69) is 15.5 Å². The molecule has 0 radical (unpaired) electrons. The van der Waals surface area contributed by atoms with Gasteiger partial charge in [0.15, 0.2) is 5.82 Å². The molecule has 1 aromatic carbocycles. The first-order valence-corrected chi connectivity index (χ1v) is 8.45. The van der Waals surface area contributed by atoms with Crippen LogP contribution in [0.25, 0.3) is 0 Å². The molecule has 5 nitrogen and oxygen atoms in total. The van der Waals surface area contributed by atoms with Crippen LogP contribution in [-0.2, 0) is 4.79 Å². The highest BCUT2D eigenvalue weighted by molar-refractivity contribution is 8.00. The number of pyridine rings is 1. The number of nitrogens with one attached hydrogen (secondary N) is 1. The van der Waals surface area contributed by atoms with Crippen LogP contribution in [0.15, 0.2) is 64.3 Å². The number of hydrogen-bond acceptors (Lipinski definition) is 5. The SMILES string of the molecule is Cc1cc(NC(=O)C(Sc2ncccc2Cl)c2ccccc2)no1. The maximum absolute atomic E-state index is 12.8. The van der Waals surface area contributed by atoms with Crippen LogP contribution < -0.4 is 5.32 Å². The number of amides is 1. The van der Waals surface area contributed by atoms with Gasteiger partial charge in [0.1, 0.15) is 16.0 Å². The fourth-order valence-electron chi connectivity index (χ4n) is 2.09. The molecule has 24 heavy (non-hydrogen) atoms. The lowest BCUT2D eigenvalue weighted by atomic mass is 10.1. The minimum absolute atomic E-state index is 0.221. The molecule has 0 aliphatic rings. The summed E-state index contributed by atoms with van der Waals surface area (Å²) >= 11 is 7.47. The monoisotopic (exact) mass is 359 g/mol. The van der Waals surface area contributed by atoms with Gasteiger partial charge in [-0.05, 0) is 24.6 Å². The molecular weight excluding hydrogens is 346 g/mol. The van der Waals surface area contributed by atoms with Gasteiger partial charge in [-0.25, -0.2) is 4.98 Å². The van der Waals surface area contributed by atoms with E-state index in [9.17, 15) is 4.79 Å². The maximum Gasteiger partial charge on any atom is 0.243 e. The van der Waals surface area contributed by atoms with Crippen molar-refractivity contribution < 1.29 is 9.32 Å². The number of nitrogens with zero attached hydrogens (tertiary/aromatic N) is 2. The third-order valence-corrected chi connectivity index (χ3v) is 4.86. The van der Waals surface area contributed by atoms with Gasteiger partial charge in [-0.3, -0.25) is 4.79 Å². The highest BCUT2D eigenvalue weighted by Gasteiger charge is 2.24. The summed E-state index contributed by atoms with van der Waals surface area (Å²) in [6.07, 6.45) is 1.65. The van der Waals surface area contributed by atoms with E-state index in [4.69, 9.17) is 16.1 Å². The van der Waals surface area contributed by atoms with Gasteiger partial charge < -0.3 is 9.84 Å². The van der Waals surface area contributed by atoms with Crippen molar-refractivity contribution in [2.24, 2.45) is 0 Å². The van der Waals surface area contributed by atoms with Gasteiger partial charge in [-0.1, -0.05) is 58.9 Å². The van der Waals surface area contributed by atoms with Crippen LogP contribution in [0, 0.1) is 6.92 Å². The van der Waals surface area contributed by atoms with Crippen LogP contribution >= 0.6 is 23.4 Å². The van der Waals surface area contributed by atoms with E-state index in [1.165, 1.54) is 11.8 Å². The van der Waals surface area contributed by atoms with Gasteiger partial charge >= 0.3 is 0 Å². The number of thioether (sulfide) groups is 1. The molecule has 1 unspecified atom stereocenters. The number of hydrogen-bond donors (Lipinski definition) is 1. The van der Waals surface area contributed by atoms with Crippen molar-refractivity contribution in [1.82, 2.24) is 10.1 Å². The Balaban J connectivity index is 1.87. The summed E-state index contributed by atoms with van der Waals surface area (Å²) in [5.74, 6) is 0.786. The largest absolute Gasteiger partial charge is 0.360 e. The number of benzene rings is 1. The Bertz CT molecular complexity index is 839. The fourth-order valence-corrected chi connectivity index (χ4v) is 3.33. The lowest BCUT2D eigenvalue weighted by Gasteiger charge is -2.16. The number of carbonyl (C=O) groups excluding carboxylic acids is 1. The lowest BCUT2D eigenvalue weighted by molar-refractivity contribution is -0.115. The molecule has 7 heteroatoms. The fraction of sp³-hybridized carbons (Fsp3) is 0.118. The van der Waals surface area contributed by atoms with E-state index in [0.29, 0.717) is 21.6 Å². The molecule has 122 valence electrons. The summed E-state index contributed by atoms with van der Waals surface area (Å²) in [5, 5.41) is 7.15. The molecule has 1 atom stereocenters. The molecule has 0 aliphatic carbocycles. The third kappa shape index (κ3) is 3.96. The average Bonchev–Trinajstić information content (AvgIpc) is 2.99. The van der Waals surface area contributed by atoms with Crippen LogP contribution in [-0.4, -0.2) is 16.0 Å². The third-order valence-electron chi connectivity index (χ3n) is 3.17. The van der Waals surface area contributed by atoms with E-state index >= 15 is 0 Å². The lowest BCUT2D eigenvalue weighted by Crippen LogP contribution is -2.19. The number of anilines is 1. The van der Waals surface area contributed by atoms with E-state index < -0.39 is 5.25 Å². The average molecular weight is 360 g/mol. The Kier molecular flexibility index (Phi) is 5.17. The zero-order valence-electron chi connectivity index (χ0n) is 12.8. The number of rotatable bonds is 5. The predicted molar refractivity (Wildman–Crippen MR) is 94.2 cm³/mol. The van der Waals surface area contributed by atoms with E-state index in [1.54, 1.807) is 31.3 Å². The summed E-state index contributed by atoms with van der Waals surface area (Å²) in [5.41, 5.74) is 0.849. The molecule has 2 aromatic heterocycles. The second-order valence-electron chi connectivity index (χ2n) is 5.01. The maximum atomic E-state index is 12.8. The molecule has 2 heterocycles. The van der Waals surface area contributed by atoms with Crippen molar-refractivity contribution in [3.05, 3.63) is 71.1 Å². The first kappa shape index (κ1) is 16.5. The molecular formula is C17H14ClN3O2S. The Hall–Kier alpha value is -2.31. The van der Waals surface area contributed by atoms with Crippen LogP contribution in [0.5, 0.6) is 0 Å². The van der Waals surface area contributed by atoms with E-state index in [-0.39, 0.29) is 5.91 Å². The summed E-state index contributed by atoms with van der Waals surface area (Å²) in [6.45, 7) is 1.76. The van der Waals surface area contributed by atoms with Crippen LogP contribution in [0.1, 0.15) is 16.6 Å². The van der Waals surface area contributed by atoms with Crippen LogP contribution in [0.4, 0.5) is 5.82 Å². The minimum Gasteiger partial charge on any atom is -0.360 e. The van der Waals surface area contributed by atoms with Gasteiger partial charge in [-0.2, -0.15) is 0 Å². The predicted octanol–water partition coefficient (Wildman–Crippen LogP) is 4.50. The van der Waals surface area contributed by atoms with Gasteiger partial charge in [0.25, 0.3) is 0 Å². The first-order valence-electron chi connectivity index (χ1n) is 7.20. The van der Waals surface area contributed by atoms with Gasteiger partial charge in [0.05, 0.1) is 5.02 Å². The van der Waals surface area contributed by atoms with Crippen LogP contribution in [0.3, 0.4) is 0 Å². The highest BCUT2D eigenvalue weighted by Crippen LogP contribution is 2.38. The first-order chi connectivity index (χ1) is 11.6. The van der Waals surface area contributed by atoms with Crippen molar-refractivity contribution in [3.63, 3.8) is 0 Å². The van der Waals surface area contributed by atoms with Crippen LogP contribution in [0.2, 0.25) is 5.02 Å². The molecule has 1 N–H and O–H groups in total. The quantitative estimate of drug-likeness (QED) is 0.679. The van der Waals surface area contributed by atoms with E-state index in [0.717, 1.165) is 5.56 Å². The van der Waals surface area contributed by atoms with Crippen molar-refractivity contribution in [1.29, 1.82) is 0 Å². The molecule has 3 rings (SSSR count). The molecule has 0 saturated carbocycles. The topological polar surface area (TPSA) is 68.0 Å². The van der Waals surface area contributed by atoms with Gasteiger partial charge in [0, 0.05) is 12.3 Å². The van der Waals surface area contributed by atoms with Gasteiger partial charge in [-0.15, -0.1) is 0 Å². The second kappa shape index (κ2) is 7.51. The molecule has 1 amide bonds. The molecule has 0 aliphatic heterocycles. The Morgan fingerprint density at radius 1 is 1.25 bits per heavy atom. The summed E-state index contributed by atoms with van der Waals surface area (Å²) in [6, 6.07) is 14.6. The molecule has 0 spiro atoms. The summed E-state index contributed by atoms with van der Waals surface area (Å²) in [7, 11) is 0. The normalized spacial score (nSPS) is 11.9. The minimum atomic E-state index is -0.518. The van der Waals surface area contributed by atoms with Crippen molar-refractivity contribution in [3.8, 4) is 0 Å². The smallest absolute Gasteiger partial charge is 0.243 e. The van der Waals surface area contributed by atoms with Crippen molar-refractivity contribution >= 4 is 35.1 Å². The van der Waals surface area contributed by atoms with Crippen molar-refractivity contribution in [2.75, 3.05) is 5.32 Å². The zero-order chi connectivity index (χ0) is 16.9. The number of aryl methyl sites for hydroxylation is 1. The van der Waals surface area contributed by atoms with Gasteiger partial charge in [0.2, 0.25) is 5.91 Å². The summed E-state index contributed by atoms with van der Waals surface area (Å²) in [4.78, 5) is 17.0.